The molecular weight excluding hydrogens is 493 g/mol. The lowest BCUT2D eigenvalue weighted by atomic mass is 10.1. The number of fused-ring (bicyclic) bond motifs is 1. The summed E-state index contributed by atoms with van der Waals surface area (Å²) in [6, 6.07) is 17.6. The van der Waals surface area contributed by atoms with Crippen LogP contribution in [0.3, 0.4) is 0 Å². The standard InChI is InChI=1S/C24H19BrFN3O2S/c1-14-27-20-7-4-8-21(31-2)23(20)24(30)29(14)17-6-3-5-15(11-17)12-22(32)28-16-9-10-19(26)18(25)13-16/h3-11,13H,12H2,1-2H3,(H,28,32). The van der Waals surface area contributed by atoms with E-state index in [1.165, 1.54) is 13.2 Å². The fourth-order valence-electron chi connectivity index (χ4n) is 3.55. The van der Waals surface area contributed by atoms with Crippen molar-refractivity contribution < 1.29 is 9.13 Å². The van der Waals surface area contributed by atoms with E-state index in [0.717, 1.165) is 5.56 Å². The highest BCUT2D eigenvalue weighted by molar-refractivity contribution is 9.10. The van der Waals surface area contributed by atoms with E-state index in [2.05, 4.69) is 26.2 Å². The van der Waals surface area contributed by atoms with Gasteiger partial charge in [-0.15, -0.1) is 0 Å². The molecule has 8 heteroatoms. The minimum absolute atomic E-state index is 0.195. The summed E-state index contributed by atoms with van der Waals surface area (Å²) in [6.07, 6.45) is 0.455. The number of thiocarbonyl (C=S) groups is 1. The minimum Gasteiger partial charge on any atom is -0.496 e. The molecule has 1 N–H and O–H groups in total. The van der Waals surface area contributed by atoms with Crippen LogP contribution in [-0.4, -0.2) is 21.6 Å². The second-order valence-corrected chi connectivity index (χ2v) is 8.52. The average molecular weight is 512 g/mol. The molecule has 0 saturated heterocycles. The number of anilines is 1. The lowest BCUT2D eigenvalue weighted by molar-refractivity contribution is 0.419. The molecule has 5 nitrogen and oxygen atoms in total. The van der Waals surface area contributed by atoms with E-state index in [4.69, 9.17) is 17.0 Å². The van der Waals surface area contributed by atoms with Crippen molar-refractivity contribution >= 4 is 49.7 Å². The number of aromatic nitrogens is 2. The number of rotatable bonds is 5. The van der Waals surface area contributed by atoms with Crippen molar-refractivity contribution in [3.05, 3.63) is 92.7 Å². The SMILES string of the molecule is COc1cccc2nc(C)n(-c3cccc(CC(=S)Nc4ccc(F)c(Br)c4)c3)c(=O)c12. The Morgan fingerprint density at radius 2 is 1.97 bits per heavy atom. The Morgan fingerprint density at radius 3 is 2.72 bits per heavy atom. The molecule has 0 fully saturated rings. The van der Waals surface area contributed by atoms with Crippen LogP contribution in [0.2, 0.25) is 0 Å². The van der Waals surface area contributed by atoms with Gasteiger partial charge in [0.2, 0.25) is 0 Å². The van der Waals surface area contributed by atoms with Crippen LogP contribution in [0, 0.1) is 12.7 Å². The highest BCUT2D eigenvalue weighted by Gasteiger charge is 2.14. The summed E-state index contributed by atoms with van der Waals surface area (Å²) in [5, 5.41) is 3.55. The second kappa shape index (κ2) is 9.18. The van der Waals surface area contributed by atoms with E-state index in [9.17, 15) is 9.18 Å². The first-order valence-corrected chi connectivity index (χ1v) is 11.0. The van der Waals surface area contributed by atoms with E-state index >= 15 is 0 Å². The van der Waals surface area contributed by atoms with Crippen molar-refractivity contribution in [1.82, 2.24) is 9.55 Å². The van der Waals surface area contributed by atoms with Crippen LogP contribution in [-0.2, 0) is 6.42 Å². The van der Waals surface area contributed by atoms with E-state index in [-0.39, 0.29) is 11.4 Å². The number of nitrogens with one attached hydrogen (secondary N) is 1. The summed E-state index contributed by atoms with van der Waals surface area (Å²) < 4.78 is 20.8. The Kier molecular flexibility index (Phi) is 6.34. The average Bonchev–Trinajstić information content (AvgIpc) is 2.76. The third-order valence-corrected chi connectivity index (χ3v) is 5.84. The predicted molar refractivity (Wildman–Crippen MR) is 133 cm³/mol. The molecule has 0 aliphatic rings. The molecule has 32 heavy (non-hydrogen) atoms. The highest BCUT2D eigenvalue weighted by Crippen LogP contribution is 2.23. The zero-order valence-electron chi connectivity index (χ0n) is 17.4. The zero-order valence-corrected chi connectivity index (χ0v) is 19.8. The molecule has 1 heterocycles. The van der Waals surface area contributed by atoms with E-state index in [0.29, 0.717) is 49.7 Å². The first-order valence-electron chi connectivity index (χ1n) is 9.78. The summed E-state index contributed by atoms with van der Waals surface area (Å²) in [5.41, 5.74) is 2.71. The molecule has 0 amide bonds. The van der Waals surface area contributed by atoms with Gasteiger partial charge >= 0.3 is 0 Å². The molecule has 0 bridgehead atoms. The molecule has 0 saturated carbocycles. The summed E-state index contributed by atoms with van der Waals surface area (Å²) in [4.78, 5) is 18.5. The van der Waals surface area contributed by atoms with Crippen LogP contribution in [0.25, 0.3) is 16.6 Å². The number of halogens is 2. The van der Waals surface area contributed by atoms with Crippen LogP contribution in [0.5, 0.6) is 5.75 Å². The topological polar surface area (TPSA) is 56.1 Å². The van der Waals surface area contributed by atoms with Crippen molar-refractivity contribution in [3.8, 4) is 11.4 Å². The minimum atomic E-state index is -0.337. The highest BCUT2D eigenvalue weighted by atomic mass is 79.9. The molecule has 0 aliphatic heterocycles. The van der Waals surface area contributed by atoms with Gasteiger partial charge in [0.1, 0.15) is 22.8 Å². The number of nitrogens with zero attached hydrogens (tertiary/aromatic N) is 2. The van der Waals surface area contributed by atoms with Gasteiger partial charge in [-0.2, -0.15) is 0 Å². The van der Waals surface area contributed by atoms with Crippen molar-refractivity contribution in [2.24, 2.45) is 0 Å². The Morgan fingerprint density at radius 1 is 1.19 bits per heavy atom. The number of aryl methyl sites for hydroxylation is 1. The van der Waals surface area contributed by atoms with E-state index in [1.807, 2.05) is 30.3 Å². The fourth-order valence-corrected chi connectivity index (χ4v) is 4.22. The Bertz CT molecular complexity index is 1400. The lowest BCUT2D eigenvalue weighted by Gasteiger charge is -2.14. The van der Waals surface area contributed by atoms with Crippen LogP contribution in [0.1, 0.15) is 11.4 Å². The molecule has 0 spiro atoms. The lowest BCUT2D eigenvalue weighted by Crippen LogP contribution is -2.23. The Balaban J connectivity index is 1.66. The smallest absolute Gasteiger partial charge is 0.269 e. The van der Waals surface area contributed by atoms with Gasteiger partial charge in [0.05, 0.1) is 27.8 Å². The summed E-state index contributed by atoms with van der Waals surface area (Å²) in [5.74, 6) is 0.723. The van der Waals surface area contributed by atoms with Crippen LogP contribution < -0.4 is 15.6 Å². The predicted octanol–water partition coefficient (Wildman–Crippen LogP) is 5.59. The van der Waals surface area contributed by atoms with Gasteiger partial charge in [-0.25, -0.2) is 9.37 Å². The Hall–Kier alpha value is -3.10. The molecule has 1 aromatic heterocycles. The summed E-state index contributed by atoms with van der Waals surface area (Å²) >= 11 is 8.66. The van der Waals surface area contributed by atoms with Crippen molar-refractivity contribution in [3.63, 3.8) is 0 Å². The molecule has 0 atom stereocenters. The zero-order chi connectivity index (χ0) is 22.8. The Labute approximate surface area is 198 Å². The third-order valence-electron chi connectivity index (χ3n) is 4.98. The van der Waals surface area contributed by atoms with Crippen LogP contribution in [0.15, 0.2) is 69.9 Å². The van der Waals surface area contributed by atoms with E-state index in [1.54, 1.807) is 35.8 Å². The van der Waals surface area contributed by atoms with Crippen LogP contribution >= 0.6 is 28.1 Å². The van der Waals surface area contributed by atoms with E-state index < -0.39 is 0 Å². The van der Waals surface area contributed by atoms with Gasteiger partial charge in [-0.1, -0.05) is 30.4 Å². The number of hydrogen-bond acceptors (Lipinski definition) is 4. The van der Waals surface area contributed by atoms with Crippen molar-refractivity contribution in [1.29, 1.82) is 0 Å². The molecule has 0 unspecified atom stereocenters. The van der Waals surface area contributed by atoms with Gasteiger partial charge in [-0.3, -0.25) is 9.36 Å². The van der Waals surface area contributed by atoms with Gasteiger partial charge in [-0.05, 0) is 70.9 Å². The quantitative estimate of drug-likeness (QED) is 0.354. The second-order valence-electron chi connectivity index (χ2n) is 7.18. The van der Waals surface area contributed by atoms with Crippen LogP contribution in [0.4, 0.5) is 10.1 Å². The third kappa shape index (κ3) is 4.42. The van der Waals surface area contributed by atoms with Crippen molar-refractivity contribution in [2.45, 2.75) is 13.3 Å². The first-order chi connectivity index (χ1) is 15.4. The van der Waals surface area contributed by atoms with Gasteiger partial charge in [0.25, 0.3) is 5.56 Å². The van der Waals surface area contributed by atoms with Gasteiger partial charge < -0.3 is 10.1 Å². The maximum Gasteiger partial charge on any atom is 0.269 e. The maximum atomic E-state index is 13.5. The summed E-state index contributed by atoms with van der Waals surface area (Å²) in [6.45, 7) is 1.80. The number of ether oxygens (including phenoxy) is 1. The molecule has 0 radical (unpaired) electrons. The molecule has 4 rings (SSSR count). The van der Waals surface area contributed by atoms with Gasteiger partial charge in [0.15, 0.2) is 0 Å². The molecular formula is C24H19BrFN3O2S. The molecule has 4 aromatic rings. The molecule has 0 aliphatic carbocycles. The monoisotopic (exact) mass is 511 g/mol. The number of benzene rings is 3. The molecule has 3 aromatic carbocycles. The summed E-state index contributed by atoms with van der Waals surface area (Å²) in [7, 11) is 1.53. The molecule has 162 valence electrons. The maximum absolute atomic E-state index is 13.5. The largest absolute Gasteiger partial charge is 0.496 e. The first kappa shape index (κ1) is 22.1. The van der Waals surface area contributed by atoms with Crippen molar-refractivity contribution in [2.75, 3.05) is 12.4 Å². The fraction of sp³-hybridized carbons (Fsp3) is 0.125. The number of hydrogen-bond donors (Lipinski definition) is 1. The van der Waals surface area contributed by atoms with Gasteiger partial charge in [0, 0.05) is 12.1 Å². The normalized spacial score (nSPS) is 10.9. The number of methoxy groups -OCH3 is 1.